The number of alkyl halides is 3. The lowest BCUT2D eigenvalue weighted by Gasteiger charge is -2.28. The topological polar surface area (TPSA) is 0 Å². The monoisotopic (exact) mass is 292 g/mol. The van der Waals surface area contributed by atoms with Crippen molar-refractivity contribution in [1.29, 1.82) is 0 Å². The second-order valence-electron chi connectivity index (χ2n) is 6.88. The zero-order valence-corrected chi connectivity index (χ0v) is 12.9. The lowest BCUT2D eigenvalue weighted by Crippen LogP contribution is -2.20. The summed E-state index contributed by atoms with van der Waals surface area (Å²) >= 11 is 5.98. The van der Waals surface area contributed by atoms with Crippen LogP contribution in [0.15, 0.2) is 12.1 Å². The Morgan fingerprint density at radius 2 is 1.21 bits per heavy atom. The Morgan fingerprint density at radius 3 is 1.53 bits per heavy atom. The van der Waals surface area contributed by atoms with Crippen molar-refractivity contribution in [2.45, 2.75) is 58.5 Å². The Bertz CT molecular complexity index is 439. The van der Waals surface area contributed by atoms with E-state index in [2.05, 4.69) is 0 Å². The minimum atomic E-state index is -4.43. The van der Waals surface area contributed by atoms with Crippen molar-refractivity contribution in [3.05, 3.63) is 33.8 Å². The van der Waals surface area contributed by atoms with Crippen LogP contribution in [0.4, 0.5) is 13.2 Å². The highest BCUT2D eigenvalue weighted by molar-refractivity contribution is 6.32. The molecule has 0 aliphatic rings. The molecule has 1 aromatic rings. The van der Waals surface area contributed by atoms with Gasteiger partial charge >= 0.3 is 6.18 Å². The van der Waals surface area contributed by atoms with Crippen LogP contribution in [-0.4, -0.2) is 0 Å². The van der Waals surface area contributed by atoms with Gasteiger partial charge in [-0.3, -0.25) is 0 Å². The Balaban J connectivity index is 3.68. The first-order chi connectivity index (χ1) is 8.24. The highest BCUT2D eigenvalue weighted by Gasteiger charge is 2.37. The van der Waals surface area contributed by atoms with Crippen molar-refractivity contribution in [1.82, 2.24) is 0 Å². The van der Waals surface area contributed by atoms with Crippen LogP contribution in [0.1, 0.15) is 58.2 Å². The summed E-state index contributed by atoms with van der Waals surface area (Å²) in [7, 11) is 0. The fraction of sp³-hybridized carbons (Fsp3) is 0.600. The van der Waals surface area contributed by atoms with Crippen molar-refractivity contribution < 1.29 is 13.2 Å². The molecule has 0 atom stereocenters. The summed E-state index contributed by atoms with van der Waals surface area (Å²) in [4.78, 5) is 0. The van der Waals surface area contributed by atoms with E-state index >= 15 is 0 Å². The highest BCUT2D eigenvalue weighted by Crippen LogP contribution is 2.42. The summed E-state index contributed by atoms with van der Waals surface area (Å²) in [5, 5.41) is -0.187. The number of hydrogen-bond acceptors (Lipinski definition) is 0. The van der Waals surface area contributed by atoms with E-state index in [4.69, 9.17) is 11.6 Å². The third kappa shape index (κ3) is 3.65. The molecule has 0 aromatic heterocycles. The van der Waals surface area contributed by atoms with E-state index in [1.54, 1.807) is 6.07 Å². The predicted octanol–water partition coefficient (Wildman–Crippen LogP) is 5.95. The van der Waals surface area contributed by atoms with Gasteiger partial charge in [0.1, 0.15) is 0 Å². The van der Waals surface area contributed by atoms with Crippen LogP contribution >= 0.6 is 11.6 Å². The molecule has 0 saturated heterocycles. The molecule has 0 N–H and O–H groups in total. The molecule has 0 fully saturated rings. The van der Waals surface area contributed by atoms with Crippen molar-refractivity contribution in [2.75, 3.05) is 0 Å². The van der Waals surface area contributed by atoms with Gasteiger partial charge in [0.25, 0.3) is 0 Å². The van der Waals surface area contributed by atoms with Crippen molar-refractivity contribution in [3.63, 3.8) is 0 Å². The molecule has 0 aliphatic heterocycles. The smallest absolute Gasteiger partial charge is 0.166 e. The summed E-state index contributed by atoms with van der Waals surface area (Å²) in [6.07, 6.45) is -4.43. The lowest BCUT2D eigenvalue weighted by atomic mass is 9.79. The van der Waals surface area contributed by atoms with Gasteiger partial charge in [-0.1, -0.05) is 59.2 Å². The Kier molecular flexibility index (Phi) is 4.04. The van der Waals surface area contributed by atoms with Crippen LogP contribution in [0, 0.1) is 0 Å². The summed E-state index contributed by atoms with van der Waals surface area (Å²) < 4.78 is 39.3. The van der Waals surface area contributed by atoms with E-state index in [0.717, 1.165) is 6.07 Å². The maximum absolute atomic E-state index is 13.1. The van der Waals surface area contributed by atoms with E-state index in [9.17, 15) is 13.2 Å². The quantitative estimate of drug-likeness (QED) is 0.554. The van der Waals surface area contributed by atoms with Gasteiger partial charge in [0.05, 0.1) is 10.6 Å². The molecule has 0 radical (unpaired) electrons. The zero-order valence-electron chi connectivity index (χ0n) is 12.2. The molecule has 0 amide bonds. The van der Waals surface area contributed by atoms with Crippen molar-refractivity contribution >= 4 is 11.6 Å². The Morgan fingerprint density at radius 1 is 0.789 bits per heavy atom. The number of benzene rings is 1. The fourth-order valence-corrected chi connectivity index (χ4v) is 2.31. The molecule has 0 nitrogen and oxygen atoms in total. The minimum absolute atomic E-state index is 0.187. The average molecular weight is 293 g/mol. The molecule has 1 rings (SSSR count). The van der Waals surface area contributed by atoms with Gasteiger partial charge in [0, 0.05) is 0 Å². The molecule has 108 valence electrons. The molecule has 4 heteroatoms. The van der Waals surface area contributed by atoms with E-state index in [1.165, 1.54) is 0 Å². The normalized spacial score (nSPS) is 13.8. The maximum Gasteiger partial charge on any atom is 0.417 e. The molecule has 0 bridgehead atoms. The standard InChI is InChI=1S/C15H20ClF3/c1-13(2,3)9-7-10(14(4,5)6)12(16)11(8-9)15(17,18)19/h7-8H,1-6H3. The Hall–Kier alpha value is -0.700. The number of hydrogen-bond donors (Lipinski definition) is 0. The first-order valence-corrected chi connectivity index (χ1v) is 6.54. The SMILES string of the molecule is CC(C)(C)c1cc(C(C)(C)C)c(Cl)c(C(F)(F)F)c1. The fourth-order valence-electron chi connectivity index (χ4n) is 1.81. The third-order valence-corrected chi connectivity index (χ3v) is 3.46. The lowest BCUT2D eigenvalue weighted by molar-refractivity contribution is -0.137. The molecular formula is C15H20ClF3. The van der Waals surface area contributed by atoms with Gasteiger partial charge in [-0.25, -0.2) is 0 Å². The first-order valence-electron chi connectivity index (χ1n) is 6.16. The van der Waals surface area contributed by atoms with Gasteiger partial charge in [0.2, 0.25) is 0 Å². The molecule has 0 spiro atoms. The second-order valence-corrected chi connectivity index (χ2v) is 7.26. The summed E-state index contributed by atoms with van der Waals surface area (Å²) in [6.45, 7) is 11.3. The van der Waals surface area contributed by atoms with Crippen LogP contribution in [0.3, 0.4) is 0 Å². The van der Waals surface area contributed by atoms with E-state index < -0.39 is 17.2 Å². The molecule has 1 aromatic carbocycles. The number of halogens is 4. The zero-order chi connectivity index (χ0) is 15.2. The molecule has 0 unspecified atom stereocenters. The van der Waals surface area contributed by atoms with Crippen LogP contribution in [0.25, 0.3) is 0 Å². The molecule has 19 heavy (non-hydrogen) atoms. The molecule has 0 heterocycles. The van der Waals surface area contributed by atoms with Gasteiger partial charge in [-0.05, 0) is 28.0 Å². The van der Waals surface area contributed by atoms with Crippen molar-refractivity contribution in [2.24, 2.45) is 0 Å². The average Bonchev–Trinajstić information content (AvgIpc) is 2.11. The Labute approximate surface area is 118 Å². The summed E-state index contributed by atoms with van der Waals surface area (Å²) in [5.41, 5.74) is -0.349. The minimum Gasteiger partial charge on any atom is -0.166 e. The molecule has 0 saturated carbocycles. The van der Waals surface area contributed by atoms with Gasteiger partial charge in [-0.2, -0.15) is 13.2 Å². The van der Waals surface area contributed by atoms with E-state index in [0.29, 0.717) is 11.1 Å². The third-order valence-electron chi connectivity index (χ3n) is 3.05. The van der Waals surface area contributed by atoms with Crippen LogP contribution in [0.5, 0.6) is 0 Å². The highest BCUT2D eigenvalue weighted by atomic mass is 35.5. The maximum atomic E-state index is 13.1. The number of rotatable bonds is 0. The largest absolute Gasteiger partial charge is 0.417 e. The van der Waals surface area contributed by atoms with Gasteiger partial charge in [0.15, 0.2) is 0 Å². The second kappa shape index (κ2) is 4.69. The molecule has 0 aliphatic carbocycles. The van der Waals surface area contributed by atoms with E-state index in [1.807, 2.05) is 41.5 Å². The van der Waals surface area contributed by atoms with E-state index in [-0.39, 0.29) is 10.4 Å². The summed E-state index contributed by atoms with van der Waals surface area (Å²) in [6, 6.07) is 2.95. The molecular weight excluding hydrogens is 273 g/mol. The van der Waals surface area contributed by atoms with Crippen LogP contribution < -0.4 is 0 Å². The predicted molar refractivity (Wildman–Crippen MR) is 73.9 cm³/mol. The van der Waals surface area contributed by atoms with Crippen LogP contribution in [0.2, 0.25) is 5.02 Å². The van der Waals surface area contributed by atoms with Gasteiger partial charge in [-0.15, -0.1) is 0 Å². The van der Waals surface area contributed by atoms with Crippen molar-refractivity contribution in [3.8, 4) is 0 Å². The van der Waals surface area contributed by atoms with Crippen LogP contribution in [-0.2, 0) is 17.0 Å². The first kappa shape index (κ1) is 16.4. The van der Waals surface area contributed by atoms with Gasteiger partial charge < -0.3 is 0 Å². The summed E-state index contributed by atoms with van der Waals surface area (Å²) in [5.74, 6) is 0.